The quantitative estimate of drug-likeness (QED) is 0.482. The van der Waals surface area contributed by atoms with Crippen LogP contribution in [0.15, 0.2) is 72.8 Å². The highest BCUT2D eigenvalue weighted by Gasteiger charge is 2.30. The van der Waals surface area contributed by atoms with E-state index in [2.05, 4.69) is 5.32 Å². The molecule has 0 saturated carbocycles. The number of nitrogens with zero attached hydrogens (tertiary/aromatic N) is 1. The fourth-order valence-corrected chi connectivity index (χ4v) is 4.98. The molecule has 1 aliphatic heterocycles. The maximum Gasteiger partial charge on any atom is 0.415 e. The number of carbonyl (C=O) groups excluding carboxylic acids is 2. The lowest BCUT2D eigenvalue weighted by Gasteiger charge is -2.18. The number of carboxylic acids is 1. The molecule has 3 aromatic rings. The van der Waals surface area contributed by atoms with E-state index in [-0.39, 0.29) is 25.0 Å². The van der Waals surface area contributed by atoms with Crippen LogP contribution in [0.5, 0.6) is 5.75 Å². The molecule has 2 N–H and O–H groups in total. The molecule has 3 aromatic carbocycles. The molecule has 8 heteroatoms. The summed E-state index contributed by atoms with van der Waals surface area (Å²) < 4.78 is 10.9. The van der Waals surface area contributed by atoms with Crippen molar-refractivity contribution in [2.75, 3.05) is 19.7 Å². The average molecular weight is 501 g/mol. The van der Waals surface area contributed by atoms with Gasteiger partial charge >= 0.3 is 18.2 Å². The Balaban J connectivity index is 1.17. The number of nitrogens with one attached hydrogen (secondary N) is 1. The zero-order valence-corrected chi connectivity index (χ0v) is 20.3. The smallest absolute Gasteiger partial charge is 0.415 e. The lowest BCUT2D eigenvalue weighted by atomic mass is 9.98. The van der Waals surface area contributed by atoms with Gasteiger partial charge in [-0.25, -0.2) is 14.4 Å². The van der Waals surface area contributed by atoms with Gasteiger partial charge in [-0.15, -0.1) is 0 Å². The number of hydrogen-bond acceptors (Lipinski definition) is 5. The molecule has 1 saturated heterocycles. The summed E-state index contributed by atoms with van der Waals surface area (Å²) >= 11 is 0. The van der Waals surface area contributed by atoms with E-state index in [0.717, 1.165) is 35.1 Å². The topological polar surface area (TPSA) is 105 Å². The lowest BCUT2D eigenvalue weighted by Crippen LogP contribution is -2.42. The van der Waals surface area contributed by atoms with Crippen molar-refractivity contribution >= 4 is 18.2 Å². The molecule has 1 fully saturated rings. The molecule has 2 aliphatic rings. The van der Waals surface area contributed by atoms with E-state index in [4.69, 9.17) is 9.47 Å². The summed E-state index contributed by atoms with van der Waals surface area (Å²) in [5, 5.41) is 12.1. The van der Waals surface area contributed by atoms with Crippen molar-refractivity contribution in [1.29, 1.82) is 0 Å². The minimum absolute atomic E-state index is 0.0554. The third-order valence-corrected chi connectivity index (χ3v) is 6.87. The van der Waals surface area contributed by atoms with Gasteiger partial charge in [0.15, 0.2) is 0 Å². The van der Waals surface area contributed by atoms with Crippen LogP contribution in [-0.2, 0) is 16.0 Å². The van der Waals surface area contributed by atoms with Crippen molar-refractivity contribution in [2.24, 2.45) is 0 Å². The Hall–Kier alpha value is -4.33. The summed E-state index contributed by atoms with van der Waals surface area (Å²) in [4.78, 5) is 38.2. The van der Waals surface area contributed by atoms with Gasteiger partial charge in [0.2, 0.25) is 0 Å². The van der Waals surface area contributed by atoms with Crippen molar-refractivity contribution in [3.8, 4) is 16.9 Å². The molecule has 0 unspecified atom stereocenters. The number of amides is 2. The van der Waals surface area contributed by atoms with E-state index in [9.17, 15) is 19.5 Å². The van der Waals surface area contributed by atoms with Crippen molar-refractivity contribution in [3.63, 3.8) is 0 Å². The SMILES string of the molecule is O=C(N[C@@H](Cc1ccc(OC(=O)N2CCCC2)cc1)C(=O)O)OCC1c2ccccc2-c2ccccc21. The number of ether oxygens (including phenoxy) is 2. The van der Waals surface area contributed by atoms with Gasteiger partial charge in [-0.1, -0.05) is 60.7 Å². The Labute approximate surface area is 214 Å². The van der Waals surface area contributed by atoms with Gasteiger partial charge in [0.1, 0.15) is 18.4 Å². The van der Waals surface area contributed by atoms with Crippen LogP contribution < -0.4 is 10.1 Å². The molecule has 8 nitrogen and oxygen atoms in total. The number of alkyl carbamates (subject to hydrolysis) is 1. The fraction of sp³-hybridized carbons (Fsp3) is 0.276. The van der Waals surface area contributed by atoms with Gasteiger partial charge in [0.05, 0.1) is 0 Å². The van der Waals surface area contributed by atoms with Crippen LogP contribution in [0, 0.1) is 0 Å². The second-order valence-corrected chi connectivity index (χ2v) is 9.27. The third-order valence-electron chi connectivity index (χ3n) is 6.87. The highest BCUT2D eigenvalue weighted by Crippen LogP contribution is 2.44. The van der Waals surface area contributed by atoms with Gasteiger partial charge in [-0.2, -0.15) is 0 Å². The first kappa shape index (κ1) is 24.4. The van der Waals surface area contributed by atoms with Crippen LogP contribution in [-0.4, -0.2) is 53.9 Å². The second-order valence-electron chi connectivity index (χ2n) is 9.27. The lowest BCUT2D eigenvalue weighted by molar-refractivity contribution is -0.139. The maximum atomic E-state index is 12.6. The Morgan fingerprint density at radius 2 is 1.49 bits per heavy atom. The second kappa shape index (κ2) is 10.7. The first-order valence-corrected chi connectivity index (χ1v) is 12.4. The molecule has 5 rings (SSSR count). The highest BCUT2D eigenvalue weighted by atomic mass is 16.6. The number of carbonyl (C=O) groups is 3. The van der Waals surface area contributed by atoms with E-state index < -0.39 is 18.1 Å². The normalized spacial score (nSPS) is 15.0. The molecule has 2 amide bonds. The van der Waals surface area contributed by atoms with E-state index >= 15 is 0 Å². The number of carboxylic acid groups (broad SMARTS) is 1. The minimum atomic E-state index is -1.17. The molecule has 190 valence electrons. The molecule has 37 heavy (non-hydrogen) atoms. The van der Waals surface area contributed by atoms with Gasteiger partial charge < -0.3 is 24.8 Å². The van der Waals surface area contributed by atoms with Crippen LogP contribution >= 0.6 is 0 Å². The number of rotatable bonds is 7. The largest absolute Gasteiger partial charge is 0.480 e. The zero-order chi connectivity index (χ0) is 25.8. The molecule has 0 radical (unpaired) electrons. The highest BCUT2D eigenvalue weighted by molar-refractivity contribution is 5.81. The summed E-state index contributed by atoms with van der Waals surface area (Å²) in [6, 6.07) is 21.4. The maximum absolute atomic E-state index is 12.6. The Morgan fingerprint density at radius 3 is 2.08 bits per heavy atom. The van der Waals surface area contributed by atoms with Crippen molar-refractivity contribution in [1.82, 2.24) is 10.2 Å². The van der Waals surface area contributed by atoms with Crippen LogP contribution in [0.4, 0.5) is 9.59 Å². The van der Waals surface area contributed by atoms with Gasteiger partial charge in [0, 0.05) is 25.4 Å². The number of aliphatic carboxylic acids is 1. The van der Waals surface area contributed by atoms with Crippen LogP contribution in [0.3, 0.4) is 0 Å². The number of fused-ring (bicyclic) bond motifs is 3. The molecule has 1 atom stereocenters. The molecule has 0 bridgehead atoms. The van der Waals surface area contributed by atoms with E-state index in [1.54, 1.807) is 29.2 Å². The fourth-order valence-electron chi connectivity index (χ4n) is 4.98. The summed E-state index contributed by atoms with van der Waals surface area (Å²) in [5.41, 5.74) is 5.07. The van der Waals surface area contributed by atoms with E-state index in [1.807, 2.05) is 48.5 Å². The van der Waals surface area contributed by atoms with Gasteiger partial charge in [0.25, 0.3) is 0 Å². The Bertz CT molecular complexity index is 1250. The van der Waals surface area contributed by atoms with Crippen LogP contribution in [0.2, 0.25) is 0 Å². The molecular weight excluding hydrogens is 472 g/mol. The standard InChI is InChI=1S/C29H28N2O6/c32-27(33)26(17-19-11-13-20(14-12-19)37-29(35)31-15-5-6-16-31)30-28(34)36-18-25-23-9-3-1-7-21(23)22-8-2-4-10-24(22)25/h1-4,7-14,25-26H,5-6,15-18H2,(H,30,34)(H,32,33)/t26-/m0/s1. The Kier molecular flexibility index (Phi) is 7.07. The van der Waals surface area contributed by atoms with E-state index in [1.165, 1.54) is 0 Å². The Morgan fingerprint density at radius 1 is 0.892 bits per heavy atom. The van der Waals surface area contributed by atoms with Gasteiger partial charge in [-0.05, 0) is 52.8 Å². The van der Waals surface area contributed by atoms with Crippen LogP contribution in [0.25, 0.3) is 11.1 Å². The molecule has 0 spiro atoms. The summed E-state index contributed by atoms with van der Waals surface area (Å²) in [5.74, 6) is -0.896. The summed E-state index contributed by atoms with van der Waals surface area (Å²) in [7, 11) is 0. The number of hydrogen-bond donors (Lipinski definition) is 2. The van der Waals surface area contributed by atoms with Crippen molar-refractivity contribution in [2.45, 2.75) is 31.2 Å². The molecule has 1 aliphatic carbocycles. The zero-order valence-electron chi connectivity index (χ0n) is 20.3. The monoisotopic (exact) mass is 500 g/mol. The summed E-state index contributed by atoms with van der Waals surface area (Å²) in [6.45, 7) is 1.49. The summed E-state index contributed by atoms with van der Waals surface area (Å²) in [6.07, 6.45) is 0.832. The van der Waals surface area contributed by atoms with Crippen molar-refractivity contribution < 1.29 is 29.0 Å². The predicted molar refractivity (Wildman–Crippen MR) is 137 cm³/mol. The van der Waals surface area contributed by atoms with Crippen molar-refractivity contribution in [3.05, 3.63) is 89.5 Å². The van der Waals surface area contributed by atoms with E-state index in [0.29, 0.717) is 24.4 Å². The molecule has 1 heterocycles. The minimum Gasteiger partial charge on any atom is -0.480 e. The molecule has 0 aromatic heterocycles. The first-order valence-electron chi connectivity index (χ1n) is 12.4. The third kappa shape index (κ3) is 5.43. The predicted octanol–water partition coefficient (Wildman–Crippen LogP) is 4.82. The average Bonchev–Trinajstić information content (AvgIpc) is 3.55. The van der Waals surface area contributed by atoms with Crippen LogP contribution in [0.1, 0.15) is 35.4 Å². The first-order chi connectivity index (χ1) is 18.0. The molecular formula is C29H28N2O6. The number of likely N-dealkylation sites (tertiary alicyclic amines) is 1. The van der Waals surface area contributed by atoms with Gasteiger partial charge in [-0.3, -0.25) is 0 Å². The number of benzene rings is 3.